The Hall–Kier alpha value is -0.220. The molecule has 0 radical (unpaired) electrons. The van der Waals surface area contributed by atoms with Gasteiger partial charge < -0.3 is 10.2 Å². The van der Waals surface area contributed by atoms with Crippen LogP contribution in [0.4, 0.5) is 0 Å². The highest BCUT2D eigenvalue weighted by Crippen LogP contribution is 2.31. The van der Waals surface area contributed by atoms with E-state index in [9.17, 15) is 4.79 Å². The van der Waals surface area contributed by atoms with Crippen LogP contribution in [0.5, 0.6) is 0 Å². The molecule has 3 heterocycles. The van der Waals surface area contributed by atoms with Gasteiger partial charge in [0.25, 0.3) is 0 Å². The summed E-state index contributed by atoms with van der Waals surface area (Å²) < 4.78 is 0. The Bertz CT molecular complexity index is 266. The summed E-state index contributed by atoms with van der Waals surface area (Å²) in [5.74, 6) is 3.08. The zero-order valence-corrected chi connectivity index (χ0v) is 10.5. The van der Waals surface area contributed by atoms with Gasteiger partial charge in [0.2, 0.25) is 5.91 Å². The number of carbonyl (C=O) groups excluding carboxylic acids is 1. The highest BCUT2D eigenvalue weighted by atomic mass is 32.2. The Morgan fingerprint density at radius 2 is 1.94 bits per heavy atom. The summed E-state index contributed by atoms with van der Waals surface area (Å²) in [5, 5.41) is 3.70. The molecule has 0 aromatic heterocycles. The molecule has 0 bridgehead atoms. The Morgan fingerprint density at radius 3 is 2.56 bits per heavy atom. The van der Waals surface area contributed by atoms with Crippen LogP contribution in [0, 0.1) is 11.8 Å². The first-order valence-corrected chi connectivity index (χ1v) is 7.50. The van der Waals surface area contributed by atoms with Crippen molar-refractivity contribution in [3.63, 3.8) is 0 Å². The Kier molecular flexibility index (Phi) is 3.11. The molecular weight excluding hydrogens is 220 g/mol. The van der Waals surface area contributed by atoms with Crippen molar-refractivity contribution in [2.45, 2.75) is 24.5 Å². The van der Waals surface area contributed by atoms with Crippen molar-refractivity contribution in [3.8, 4) is 0 Å². The van der Waals surface area contributed by atoms with Gasteiger partial charge >= 0.3 is 0 Å². The normalized spacial score (nSPS) is 38.8. The fraction of sp³-hybridized carbons (Fsp3) is 0.917. The first kappa shape index (κ1) is 10.9. The van der Waals surface area contributed by atoms with Gasteiger partial charge in [-0.2, -0.15) is 0 Å². The summed E-state index contributed by atoms with van der Waals surface area (Å²) in [6, 6.07) is 0. The van der Waals surface area contributed by atoms with Crippen LogP contribution in [0.2, 0.25) is 0 Å². The molecule has 3 saturated heterocycles. The molecule has 0 saturated carbocycles. The number of rotatable bonds is 1. The lowest BCUT2D eigenvalue weighted by molar-refractivity contribution is -0.130. The third-order valence-electron chi connectivity index (χ3n) is 4.16. The Balaban J connectivity index is 1.59. The van der Waals surface area contributed by atoms with Crippen LogP contribution in [0.25, 0.3) is 0 Å². The second-order valence-corrected chi connectivity index (χ2v) is 6.59. The third kappa shape index (κ3) is 1.97. The number of hydrogen-bond acceptors (Lipinski definition) is 3. The van der Waals surface area contributed by atoms with Crippen molar-refractivity contribution in [3.05, 3.63) is 0 Å². The number of amides is 1. The summed E-state index contributed by atoms with van der Waals surface area (Å²) in [4.78, 5) is 14.5. The molecule has 3 fully saturated rings. The summed E-state index contributed by atoms with van der Waals surface area (Å²) in [5.41, 5.74) is 0. The molecule has 1 N–H and O–H groups in total. The first-order valence-electron chi connectivity index (χ1n) is 6.45. The topological polar surface area (TPSA) is 32.3 Å². The molecule has 16 heavy (non-hydrogen) atoms. The molecule has 4 heteroatoms. The first-order chi connectivity index (χ1) is 7.84. The van der Waals surface area contributed by atoms with Gasteiger partial charge in [-0.05, 0) is 30.4 Å². The van der Waals surface area contributed by atoms with Crippen molar-refractivity contribution in [2.75, 3.05) is 31.9 Å². The zero-order valence-electron chi connectivity index (χ0n) is 9.65. The molecule has 3 nitrogen and oxygen atoms in total. The van der Waals surface area contributed by atoms with E-state index in [1.165, 1.54) is 18.6 Å². The van der Waals surface area contributed by atoms with E-state index < -0.39 is 0 Å². The Labute approximate surface area is 101 Å². The highest BCUT2D eigenvalue weighted by molar-refractivity contribution is 8.00. The molecule has 3 unspecified atom stereocenters. The van der Waals surface area contributed by atoms with Crippen LogP contribution < -0.4 is 5.32 Å². The van der Waals surface area contributed by atoms with Crippen molar-refractivity contribution >= 4 is 17.7 Å². The lowest BCUT2D eigenvalue weighted by Gasteiger charge is -2.26. The number of nitrogens with zero attached hydrogens (tertiary/aromatic N) is 1. The van der Waals surface area contributed by atoms with Crippen LogP contribution in [-0.4, -0.2) is 48.0 Å². The van der Waals surface area contributed by atoms with Crippen molar-refractivity contribution in [2.24, 2.45) is 11.8 Å². The van der Waals surface area contributed by atoms with Crippen molar-refractivity contribution in [1.82, 2.24) is 10.2 Å². The molecule has 0 aromatic rings. The molecule has 0 spiro atoms. The average Bonchev–Trinajstić information content (AvgIpc) is 2.89. The lowest BCUT2D eigenvalue weighted by atomic mass is 10.0. The van der Waals surface area contributed by atoms with Crippen molar-refractivity contribution < 1.29 is 4.79 Å². The third-order valence-corrected chi connectivity index (χ3v) is 5.52. The molecule has 3 aliphatic heterocycles. The molecule has 1 amide bonds. The van der Waals surface area contributed by atoms with E-state index >= 15 is 0 Å². The van der Waals surface area contributed by atoms with Gasteiger partial charge in [-0.25, -0.2) is 0 Å². The molecule has 0 aliphatic carbocycles. The van der Waals surface area contributed by atoms with E-state index in [2.05, 4.69) is 10.2 Å². The van der Waals surface area contributed by atoms with Gasteiger partial charge in [0.15, 0.2) is 0 Å². The minimum atomic E-state index is 0.278. The second-order valence-electron chi connectivity index (χ2n) is 5.28. The molecule has 0 aromatic carbocycles. The number of hydrogen-bond donors (Lipinski definition) is 1. The number of fused-ring (bicyclic) bond motifs is 1. The standard InChI is InChI=1S/C12H20N2OS/c15-12(11-3-1-2-4-16-11)14-7-9-5-13-6-10(9)8-14/h9-11,13H,1-8H2. The second kappa shape index (κ2) is 4.57. The smallest absolute Gasteiger partial charge is 0.235 e. The van der Waals surface area contributed by atoms with Gasteiger partial charge in [0.05, 0.1) is 5.25 Å². The molecule has 3 atom stereocenters. The molecule has 3 aliphatic rings. The predicted octanol–water partition coefficient (Wildman–Crippen LogP) is 0.950. The molecular formula is C12H20N2OS. The van der Waals surface area contributed by atoms with E-state index in [0.29, 0.717) is 5.91 Å². The number of nitrogens with one attached hydrogen (secondary N) is 1. The molecule has 3 rings (SSSR count). The zero-order chi connectivity index (χ0) is 11.0. The van der Waals surface area contributed by atoms with E-state index in [1.807, 2.05) is 11.8 Å². The van der Waals surface area contributed by atoms with E-state index in [0.717, 1.165) is 44.4 Å². The van der Waals surface area contributed by atoms with Gasteiger partial charge in [-0.15, -0.1) is 11.8 Å². The minimum absolute atomic E-state index is 0.278. The fourth-order valence-corrected chi connectivity index (χ4v) is 4.45. The maximum Gasteiger partial charge on any atom is 0.235 e. The Morgan fingerprint density at radius 1 is 1.19 bits per heavy atom. The summed E-state index contributed by atoms with van der Waals surface area (Å²) in [6.07, 6.45) is 3.64. The number of carbonyl (C=O) groups is 1. The van der Waals surface area contributed by atoms with Crippen LogP contribution >= 0.6 is 11.8 Å². The van der Waals surface area contributed by atoms with Crippen molar-refractivity contribution in [1.29, 1.82) is 0 Å². The van der Waals surface area contributed by atoms with Gasteiger partial charge in [0, 0.05) is 26.2 Å². The van der Waals surface area contributed by atoms with E-state index in [4.69, 9.17) is 0 Å². The summed E-state index contributed by atoms with van der Waals surface area (Å²) in [6.45, 7) is 4.25. The summed E-state index contributed by atoms with van der Waals surface area (Å²) >= 11 is 1.88. The predicted molar refractivity (Wildman–Crippen MR) is 66.5 cm³/mol. The largest absolute Gasteiger partial charge is 0.341 e. The van der Waals surface area contributed by atoms with E-state index in [-0.39, 0.29) is 5.25 Å². The quantitative estimate of drug-likeness (QED) is 0.740. The average molecular weight is 240 g/mol. The van der Waals surface area contributed by atoms with Gasteiger partial charge in [0.1, 0.15) is 0 Å². The maximum absolute atomic E-state index is 12.3. The fourth-order valence-electron chi connectivity index (χ4n) is 3.17. The monoisotopic (exact) mass is 240 g/mol. The summed E-state index contributed by atoms with van der Waals surface area (Å²) in [7, 11) is 0. The van der Waals surface area contributed by atoms with Gasteiger partial charge in [-0.1, -0.05) is 6.42 Å². The van der Waals surface area contributed by atoms with Gasteiger partial charge in [-0.3, -0.25) is 4.79 Å². The van der Waals surface area contributed by atoms with Crippen LogP contribution in [0.1, 0.15) is 19.3 Å². The van der Waals surface area contributed by atoms with Crippen LogP contribution in [-0.2, 0) is 4.79 Å². The van der Waals surface area contributed by atoms with Crippen LogP contribution in [0.3, 0.4) is 0 Å². The van der Waals surface area contributed by atoms with Crippen LogP contribution in [0.15, 0.2) is 0 Å². The SMILES string of the molecule is O=C(C1CCCCS1)N1CC2CNCC2C1. The number of likely N-dealkylation sites (tertiary alicyclic amines) is 1. The lowest BCUT2D eigenvalue weighted by Crippen LogP contribution is -2.38. The van der Waals surface area contributed by atoms with E-state index in [1.54, 1.807) is 0 Å². The highest BCUT2D eigenvalue weighted by Gasteiger charge is 2.39. The molecule has 90 valence electrons. The number of thioether (sulfide) groups is 1. The maximum atomic E-state index is 12.3. The minimum Gasteiger partial charge on any atom is -0.341 e.